The molecule has 0 bridgehead atoms. The molecule has 1 aromatic rings. The van der Waals surface area contributed by atoms with Gasteiger partial charge in [-0.25, -0.2) is 0 Å². The summed E-state index contributed by atoms with van der Waals surface area (Å²) in [6.45, 7) is 3.71. The van der Waals surface area contributed by atoms with Crippen LogP contribution in [0.5, 0.6) is 5.75 Å². The van der Waals surface area contributed by atoms with E-state index in [1.807, 2.05) is 30.3 Å². The van der Waals surface area contributed by atoms with Crippen molar-refractivity contribution >= 4 is 0 Å². The minimum absolute atomic E-state index is 0.102. The summed E-state index contributed by atoms with van der Waals surface area (Å²) in [7, 11) is 0. The summed E-state index contributed by atoms with van der Waals surface area (Å²) in [6, 6.07) is 8.08. The van der Waals surface area contributed by atoms with Crippen molar-refractivity contribution in [3.63, 3.8) is 0 Å². The largest absolute Gasteiger partial charge is 0.490 e. The van der Waals surface area contributed by atoms with Crippen LogP contribution in [0.25, 0.3) is 0 Å². The van der Waals surface area contributed by atoms with Crippen molar-refractivity contribution in [1.82, 2.24) is 0 Å². The molecular formula is C12H15NO. The minimum Gasteiger partial charge on any atom is -0.490 e. The van der Waals surface area contributed by atoms with Crippen LogP contribution in [0.15, 0.2) is 36.9 Å². The highest BCUT2D eigenvalue weighted by molar-refractivity contribution is 5.37. The number of hydrogen-bond donors (Lipinski definition) is 1. The fraction of sp³-hybridized carbons (Fsp3) is 0.333. The van der Waals surface area contributed by atoms with Crippen LogP contribution in [0, 0.1) is 0 Å². The molecule has 2 nitrogen and oxygen atoms in total. The standard InChI is InChI=1S/C12H15NO/c1-2-5-9-8-11(13)10-6-3-4-7-12(10)14-9/h2-4,6-7,9,11H,1,5,8,13H2. The van der Waals surface area contributed by atoms with Gasteiger partial charge in [0, 0.05) is 24.4 Å². The Hall–Kier alpha value is -1.28. The summed E-state index contributed by atoms with van der Waals surface area (Å²) < 4.78 is 5.79. The van der Waals surface area contributed by atoms with E-state index in [9.17, 15) is 0 Å². The number of benzene rings is 1. The molecule has 0 aliphatic carbocycles. The molecule has 14 heavy (non-hydrogen) atoms. The van der Waals surface area contributed by atoms with Crippen LogP contribution in [0.3, 0.4) is 0 Å². The van der Waals surface area contributed by atoms with E-state index >= 15 is 0 Å². The summed E-state index contributed by atoms with van der Waals surface area (Å²) in [5, 5.41) is 0. The molecule has 2 unspecified atom stereocenters. The van der Waals surface area contributed by atoms with E-state index in [1.165, 1.54) is 0 Å². The first kappa shape index (κ1) is 9.28. The summed E-state index contributed by atoms with van der Waals surface area (Å²) in [5.74, 6) is 0.929. The molecular weight excluding hydrogens is 174 g/mol. The van der Waals surface area contributed by atoms with Crippen molar-refractivity contribution < 1.29 is 4.74 Å². The van der Waals surface area contributed by atoms with Crippen LogP contribution >= 0.6 is 0 Å². The van der Waals surface area contributed by atoms with E-state index < -0.39 is 0 Å². The van der Waals surface area contributed by atoms with Crippen LogP contribution in [0.4, 0.5) is 0 Å². The average Bonchev–Trinajstić information content (AvgIpc) is 2.18. The molecule has 0 aromatic heterocycles. The molecule has 1 aliphatic rings. The predicted octanol–water partition coefficient (Wildman–Crippen LogP) is 2.41. The molecule has 0 saturated heterocycles. The lowest BCUT2D eigenvalue weighted by molar-refractivity contribution is 0.162. The lowest BCUT2D eigenvalue weighted by atomic mass is 9.96. The Morgan fingerprint density at radius 1 is 1.50 bits per heavy atom. The molecule has 0 saturated carbocycles. The van der Waals surface area contributed by atoms with Gasteiger partial charge in [0.2, 0.25) is 0 Å². The Morgan fingerprint density at radius 2 is 2.29 bits per heavy atom. The summed E-state index contributed by atoms with van der Waals surface area (Å²) >= 11 is 0. The molecule has 0 spiro atoms. The van der Waals surface area contributed by atoms with E-state index in [-0.39, 0.29) is 12.1 Å². The molecule has 1 aromatic carbocycles. The second-order valence-corrected chi connectivity index (χ2v) is 3.64. The molecule has 1 aliphatic heterocycles. The molecule has 2 N–H and O–H groups in total. The molecule has 2 heteroatoms. The normalized spacial score (nSPS) is 24.9. The summed E-state index contributed by atoms with van der Waals surface area (Å²) in [5.41, 5.74) is 7.17. The van der Waals surface area contributed by atoms with Crippen LogP contribution in [0.2, 0.25) is 0 Å². The topological polar surface area (TPSA) is 35.2 Å². The third kappa shape index (κ3) is 1.66. The van der Waals surface area contributed by atoms with E-state index in [1.54, 1.807) is 0 Å². The van der Waals surface area contributed by atoms with Crippen molar-refractivity contribution in [2.45, 2.75) is 25.0 Å². The van der Waals surface area contributed by atoms with Gasteiger partial charge in [-0.15, -0.1) is 6.58 Å². The van der Waals surface area contributed by atoms with Crippen molar-refractivity contribution in [2.24, 2.45) is 5.73 Å². The fourth-order valence-electron chi connectivity index (χ4n) is 1.86. The van der Waals surface area contributed by atoms with Crippen molar-refractivity contribution in [2.75, 3.05) is 0 Å². The highest BCUT2D eigenvalue weighted by Crippen LogP contribution is 2.33. The highest BCUT2D eigenvalue weighted by Gasteiger charge is 2.24. The number of para-hydroxylation sites is 1. The first-order chi connectivity index (χ1) is 6.81. The Balaban J connectivity index is 2.24. The van der Waals surface area contributed by atoms with E-state index in [0.29, 0.717) is 0 Å². The smallest absolute Gasteiger partial charge is 0.124 e. The van der Waals surface area contributed by atoms with E-state index in [4.69, 9.17) is 10.5 Å². The van der Waals surface area contributed by atoms with Crippen LogP contribution in [-0.2, 0) is 0 Å². The zero-order chi connectivity index (χ0) is 9.97. The van der Waals surface area contributed by atoms with Crippen LogP contribution in [0.1, 0.15) is 24.4 Å². The van der Waals surface area contributed by atoms with Gasteiger partial charge < -0.3 is 10.5 Å². The zero-order valence-corrected chi connectivity index (χ0v) is 8.15. The number of hydrogen-bond acceptors (Lipinski definition) is 2. The molecule has 1 heterocycles. The molecule has 74 valence electrons. The molecule has 0 radical (unpaired) electrons. The van der Waals surface area contributed by atoms with Gasteiger partial charge in [-0.05, 0) is 6.07 Å². The third-order valence-corrected chi connectivity index (χ3v) is 2.56. The number of nitrogens with two attached hydrogens (primary N) is 1. The Labute approximate surface area is 84.4 Å². The van der Waals surface area contributed by atoms with Crippen LogP contribution < -0.4 is 10.5 Å². The lowest BCUT2D eigenvalue weighted by Gasteiger charge is -2.29. The van der Waals surface area contributed by atoms with Gasteiger partial charge in [-0.1, -0.05) is 24.3 Å². The molecule has 2 atom stereocenters. The lowest BCUT2D eigenvalue weighted by Crippen LogP contribution is -2.28. The van der Waals surface area contributed by atoms with Gasteiger partial charge in [0.25, 0.3) is 0 Å². The molecule has 0 fully saturated rings. The highest BCUT2D eigenvalue weighted by atomic mass is 16.5. The second kappa shape index (κ2) is 3.84. The summed E-state index contributed by atoms with van der Waals surface area (Å²) in [4.78, 5) is 0. The van der Waals surface area contributed by atoms with E-state index in [2.05, 4.69) is 6.58 Å². The Morgan fingerprint density at radius 3 is 3.07 bits per heavy atom. The van der Waals surface area contributed by atoms with Crippen molar-refractivity contribution in [3.05, 3.63) is 42.5 Å². The van der Waals surface area contributed by atoms with Crippen molar-refractivity contribution in [3.8, 4) is 5.75 Å². The van der Waals surface area contributed by atoms with Gasteiger partial charge in [-0.2, -0.15) is 0 Å². The maximum atomic E-state index is 6.05. The van der Waals surface area contributed by atoms with Gasteiger partial charge in [0.05, 0.1) is 0 Å². The van der Waals surface area contributed by atoms with Gasteiger partial charge >= 0.3 is 0 Å². The predicted molar refractivity (Wildman–Crippen MR) is 57.2 cm³/mol. The fourth-order valence-corrected chi connectivity index (χ4v) is 1.86. The Bertz CT molecular complexity index is 335. The minimum atomic E-state index is 0.102. The Kier molecular flexibility index (Phi) is 2.55. The van der Waals surface area contributed by atoms with Gasteiger partial charge in [-0.3, -0.25) is 0 Å². The number of ether oxygens (including phenoxy) is 1. The van der Waals surface area contributed by atoms with Gasteiger partial charge in [0.1, 0.15) is 11.9 Å². The average molecular weight is 189 g/mol. The van der Waals surface area contributed by atoms with Gasteiger partial charge in [0.15, 0.2) is 0 Å². The first-order valence-electron chi connectivity index (χ1n) is 4.93. The van der Waals surface area contributed by atoms with Crippen molar-refractivity contribution in [1.29, 1.82) is 0 Å². The zero-order valence-electron chi connectivity index (χ0n) is 8.15. The van der Waals surface area contributed by atoms with Crippen LogP contribution in [-0.4, -0.2) is 6.10 Å². The van der Waals surface area contributed by atoms with E-state index in [0.717, 1.165) is 24.2 Å². The number of rotatable bonds is 2. The molecule has 2 rings (SSSR count). The second-order valence-electron chi connectivity index (χ2n) is 3.64. The molecule has 0 amide bonds. The third-order valence-electron chi connectivity index (χ3n) is 2.56. The maximum absolute atomic E-state index is 6.05. The summed E-state index contributed by atoms with van der Waals surface area (Å²) in [6.07, 6.45) is 3.81. The number of fused-ring (bicyclic) bond motifs is 1. The maximum Gasteiger partial charge on any atom is 0.124 e. The SMILES string of the molecule is C=CCC1CC(N)c2ccccc2O1. The first-order valence-corrected chi connectivity index (χ1v) is 4.93. The monoisotopic (exact) mass is 189 g/mol. The quantitative estimate of drug-likeness (QED) is 0.725.